The van der Waals surface area contributed by atoms with E-state index in [0.29, 0.717) is 19.6 Å². The van der Waals surface area contributed by atoms with Gasteiger partial charge in [-0.25, -0.2) is 4.79 Å². The van der Waals surface area contributed by atoms with E-state index in [1.54, 1.807) is 0 Å². The monoisotopic (exact) mass is 282 g/mol. The molecule has 2 aliphatic heterocycles. The molecule has 3 rings (SSSR count). The Bertz CT molecular complexity index is 357. The van der Waals surface area contributed by atoms with E-state index >= 15 is 0 Å². The van der Waals surface area contributed by atoms with Crippen molar-refractivity contribution >= 4 is 6.03 Å². The highest BCUT2D eigenvalue weighted by Crippen LogP contribution is 2.39. The highest BCUT2D eigenvalue weighted by Gasteiger charge is 2.43. The molecular formula is C15H26N2O3. The van der Waals surface area contributed by atoms with Gasteiger partial charge in [0, 0.05) is 32.2 Å². The van der Waals surface area contributed by atoms with Crippen molar-refractivity contribution in [2.75, 3.05) is 26.2 Å². The summed E-state index contributed by atoms with van der Waals surface area (Å²) in [4.78, 5) is 14.1. The lowest BCUT2D eigenvalue weighted by atomic mass is 9.71. The average molecular weight is 282 g/mol. The van der Waals surface area contributed by atoms with Crippen molar-refractivity contribution in [3.05, 3.63) is 0 Å². The molecule has 0 bridgehead atoms. The third kappa shape index (κ3) is 2.93. The Kier molecular flexibility index (Phi) is 4.17. The van der Waals surface area contributed by atoms with E-state index in [2.05, 4.69) is 5.32 Å². The first-order chi connectivity index (χ1) is 9.67. The molecule has 2 amide bonds. The lowest BCUT2D eigenvalue weighted by Gasteiger charge is -2.47. The van der Waals surface area contributed by atoms with Crippen LogP contribution in [-0.2, 0) is 4.74 Å². The van der Waals surface area contributed by atoms with Crippen molar-refractivity contribution in [2.45, 2.75) is 56.7 Å². The van der Waals surface area contributed by atoms with Gasteiger partial charge in [-0.2, -0.15) is 0 Å². The number of nitrogens with one attached hydrogen (secondary N) is 1. The maximum atomic E-state index is 12.2. The minimum absolute atomic E-state index is 0.00752. The van der Waals surface area contributed by atoms with E-state index in [1.807, 2.05) is 4.90 Å². The van der Waals surface area contributed by atoms with Crippen molar-refractivity contribution < 1.29 is 14.6 Å². The first-order valence-corrected chi connectivity index (χ1v) is 8.04. The number of piperidine rings is 1. The predicted molar refractivity (Wildman–Crippen MR) is 75.5 cm³/mol. The summed E-state index contributed by atoms with van der Waals surface area (Å²) in [5.74, 6) is 0.262. The van der Waals surface area contributed by atoms with E-state index in [9.17, 15) is 9.90 Å². The van der Waals surface area contributed by atoms with Crippen molar-refractivity contribution in [3.63, 3.8) is 0 Å². The number of amides is 2. The molecule has 114 valence electrons. The lowest BCUT2D eigenvalue weighted by Crippen LogP contribution is -2.56. The van der Waals surface area contributed by atoms with Gasteiger partial charge in [0.25, 0.3) is 0 Å². The van der Waals surface area contributed by atoms with Crippen molar-refractivity contribution in [1.29, 1.82) is 0 Å². The molecule has 20 heavy (non-hydrogen) atoms. The zero-order chi connectivity index (χ0) is 14.0. The van der Waals surface area contributed by atoms with Gasteiger partial charge >= 0.3 is 6.03 Å². The molecular weight excluding hydrogens is 256 g/mol. The highest BCUT2D eigenvalue weighted by molar-refractivity contribution is 5.74. The molecule has 2 saturated heterocycles. The van der Waals surface area contributed by atoms with E-state index in [0.717, 1.165) is 45.1 Å². The van der Waals surface area contributed by atoms with Crippen LogP contribution in [0.25, 0.3) is 0 Å². The number of nitrogens with zero attached hydrogens (tertiary/aromatic N) is 1. The van der Waals surface area contributed by atoms with Crippen LogP contribution < -0.4 is 5.32 Å². The Morgan fingerprint density at radius 1 is 1.30 bits per heavy atom. The van der Waals surface area contributed by atoms with Crippen molar-refractivity contribution in [3.8, 4) is 0 Å². The molecule has 1 aliphatic carbocycles. The standard InChI is InChI=1S/C15H26N2O3/c18-14(16-10-13-5-3-9-20-13)17-8-7-15(19)6-2-1-4-12(15)11-17/h12-13,19H,1-11H2,(H,16,18)/t12-,13-,15-/m0/s1. The Morgan fingerprint density at radius 3 is 3.00 bits per heavy atom. The zero-order valence-electron chi connectivity index (χ0n) is 12.1. The topological polar surface area (TPSA) is 61.8 Å². The van der Waals surface area contributed by atoms with Gasteiger partial charge < -0.3 is 20.1 Å². The second-order valence-electron chi connectivity index (χ2n) is 6.56. The minimum Gasteiger partial charge on any atom is -0.389 e. The smallest absolute Gasteiger partial charge is 0.317 e. The molecule has 0 aromatic carbocycles. The summed E-state index contributed by atoms with van der Waals surface area (Å²) in [5, 5.41) is 13.6. The quantitative estimate of drug-likeness (QED) is 0.807. The van der Waals surface area contributed by atoms with Gasteiger partial charge in [-0.05, 0) is 32.1 Å². The van der Waals surface area contributed by atoms with Crippen LogP contribution in [-0.4, -0.2) is 54.0 Å². The Balaban J connectivity index is 1.49. The average Bonchev–Trinajstić information content (AvgIpc) is 2.97. The van der Waals surface area contributed by atoms with Crippen LogP contribution in [0, 0.1) is 5.92 Å². The fourth-order valence-electron chi connectivity index (χ4n) is 3.87. The summed E-state index contributed by atoms with van der Waals surface area (Å²) in [6.45, 7) is 2.81. The van der Waals surface area contributed by atoms with Crippen molar-refractivity contribution in [2.24, 2.45) is 5.92 Å². The number of fused-ring (bicyclic) bond motifs is 1. The summed E-state index contributed by atoms with van der Waals surface area (Å²) in [5.41, 5.74) is -0.510. The Hall–Kier alpha value is -0.810. The Labute approximate surface area is 120 Å². The predicted octanol–water partition coefficient (Wildman–Crippen LogP) is 1.50. The fourth-order valence-corrected chi connectivity index (χ4v) is 3.87. The second-order valence-corrected chi connectivity index (χ2v) is 6.56. The number of carbonyl (C=O) groups excluding carboxylic acids is 1. The van der Waals surface area contributed by atoms with Gasteiger partial charge in [0.2, 0.25) is 0 Å². The van der Waals surface area contributed by atoms with E-state index in [-0.39, 0.29) is 18.1 Å². The van der Waals surface area contributed by atoms with Crippen LogP contribution >= 0.6 is 0 Å². The SMILES string of the molecule is O=C(NC[C@@H]1CCCO1)N1CC[C@@]2(O)CCCC[C@H]2C1. The molecule has 0 aromatic rings. The van der Waals surface area contributed by atoms with Crippen LogP contribution in [0.4, 0.5) is 4.79 Å². The van der Waals surface area contributed by atoms with Gasteiger partial charge in [0.15, 0.2) is 0 Å². The Morgan fingerprint density at radius 2 is 2.20 bits per heavy atom. The number of likely N-dealkylation sites (tertiary alicyclic amines) is 1. The molecule has 0 unspecified atom stereocenters. The minimum atomic E-state index is -0.510. The van der Waals surface area contributed by atoms with E-state index in [1.165, 1.54) is 6.42 Å². The summed E-state index contributed by atoms with van der Waals surface area (Å²) in [6.07, 6.45) is 7.31. The third-order valence-corrected chi connectivity index (χ3v) is 5.22. The van der Waals surface area contributed by atoms with E-state index in [4.69, 9.17) is 4.74 Å². The van der Waals surface area contributed by atoms with Crippen molar-refractivity contribution in [1.82, 2.24) is 10.2 Å². The van der Waals surface area contributed by atoms with E-state index < -0.39 is 5.60 Å². The maximum Gasteiger partial charge on any atom is 0.317 e. The van der Waals surface area contributed by atoms with Gasteiger partial charge in [0.1, 0.15) is 0 Å². The highest BCUT2D eigenvalue weighted by atomic mass is 16.5. The molecule has 2 heterocycles. The second kappa shape index (κ2) is 5.90. The fraction of sp³-hybridized carbons (Fsp3) is 0.933. The molecule has 0 aromatic heterocycles. The molecule has 5 heteroatoms. The maximum absolute atomic E-state index is 12.2. The number of hydrogen-bond acceptors (Lipinski definition) is 3. The summed E-state index contributed by atoms with van der Waals surface area (Å²) < 4.78 is 5.52. The molecule has 5 nitrogen and oxygen atoms in total. The molecule has 3 aliphatic rings. The van der Waals surface area contributed by atoms with Gasteiger partial charge in [-0.1, -0.05) is 12.8 Å². The number of rotatable bonds is 2. The van der Waals surface area contributed by atoms with Crippen LogP contribution in [0.3, 0.4) is 0 Å². The molecule has 0 radical (unpaired) electrons. The summed E-state index contributed by atoms with van der Waals surface area (Å²) in [7, 11) is 0. The molecule has 3 atom stereocenters. The molecule has 1 saturated carbocycles. The number of aliphatic hydroxyl groups is 1. The zero-order valence-corrected chi connectivity index (χ0v) is 12.1. The molecule has 2 N–H and O–H groups in total. The van der Waals surface area contributed by atoms with Crippen LogP contribution in [0.5, 0.6) is 0 Å². The van der Waals surface area contributed by atoms with Crippen LogP contribution in [0.1, 0.15) is 44.9 Å². The van der Waals surface area contributed by atoms with Gasteiger partial charge in [-0.15, -0.1) is 0 Å². The van der Waals surface area contributed by atoms with Crippen LogP contribution in [0.15, 0.2) is 0 Å². The lowest BCUT2D eigenvalue weighted by molar-refractivity contribution is -0.0871. The first-order valence-electron chi connectivity index (χ1n) is 8.04. The number of carbonyl (C=O) groups is 1. The normalized spacial score (nSPS) is 37.5. The van der Waals surface area contributed by atoms with Gasteiger partial charge in [-0.3, -0.25) is 0 Å². The number of urea groups is 1. The molecule has 3 fully saturated rings. The number of ether oxygens (including phenoxy) is 1. The third-order valence-electron chi connectivity index (χ3n) is 5.22. The molecule has 0 spiro atoms. The number of hydrogen-bond donors (Lipinski definition) is 2. The summed E-state index contributed by atoms with van der Waals surface area (Å²) in [6, 6.07) is 0.00752. The summed E-state index contributed by atoms with van der Waals surface area (Å²) >= 11 is 0. The van der Waals surface area contributed by atoms with Crippen LogP contribution in [0.2, 0.25) is 0 Å². The van der Waals surface area contributed by atoms with Gasteiger partial charge in [0.05, 0.1) is 11.7 Å². The largest absolute Gasteiger partial charge is 0.389 e. The first kappa shape index (κ1) is 14.1.